The molecule has 2 aliphatic rings. The average Bonchev–Trinajstić information content (AvgIpc) is 3.28. The number of hydrogen-bond donors (Lipinski definition) is 2. The van der Waals surface area contributed by atoms with Crippen LogP contribution < -0.4 is 10.6 Å². The van der Waals surface area contributed by atoms with Gasteiger partial charge in [-0.1, -0.05) is 12.1 Å². The number of benzene rings is 1. The molecule has 1 saturated heterocycles. The summed E-state index contributed by atoms with van der Waals surface area (Å²) in [7, 11) is 1.71. The van der Waals surface area contributed by atoms with E-state index in [0.717, 1.165) is 18.5 Å². The third-order valence-electron chi connectivity index (χ3n) is 5.28. The molecule has 0 aliphatic carbocycles. The largest absolute Gasteiger partial charge is 0.357 e. The zero-order valence-electron chi connectivity index (χ0n) is 16.2. The average molecular weight is 398 g/mol. The second-order valence-corrected chi connectivity index (χ2v) is 7.15. The van der Waals surface area contributed by atoms with Crippen molar-refractivity contribution in [1.82, 2.24) is 19.8 Å². The van der Waals surface area contributed by atoms with E-state index in [-0.39, 0.29) is 18.1 Å². The standard InChI is InChI=1S/C20H23FN6O2/c1-22-19-23-15-8-11-27(20(29)24-16-7-3-2-6-14(16)21)12-13(15)17(25-19)18(28)26-9-4-5-10-26/h2-3,6-7H,4-5,8-12H2,1H3,(H,24,29)(H,22,23,25). The summed E-state index contributed by atoms with van der Waals surface area (Å²) in [6.45, 7) is 2.05. The predicted molar refractivity (Wildman–Crippen MR) is 106 cm³/mol. The van der Waals surface area contributed by atoms with E-state index in [4.69, 9.17) is 0 Å². The third-order valence-corrected chi connectivity index (χ3v) is 5.28. The first-order valence-corrected chi connectivity index (χ1v) is 9.74. The molecule has 9 heteroatoms. The molecule has 2 aliphatic heterocycles. The summed E-state index contributed by atoms with van der Waals surface area (Å²) in [6.07, 6.45) is 2.46. The van der Waals surface area contributed by atoms with Gasteiger partial charge in [0.05, 0.1) is 17.9 Å². The summed E-state index contributed by atoms with van der Waals surface area (Å²) in [5, 5.41) is 5.51. The highest BCUT2D eigenvalue weighted by atomic mass is 19.1. The normalized spacial score (nSPS) is 15.8. The number of carbonyl (C=O) groups is 2. The van der Waals surface area contributed by atoms with E-state index in [1.165, 1.54) is 12.1 Å². The molecule has 0 atom stereocenters. The second kappa shape index (κ2) is 8.02. The molecule has 0 radical (unpaired) electrons. The van der Waals surface area contributed by atoms with Crippen LogP contribution in [0.1, 0.15) is 34.6 Å². The van der Waals surface area contributed by atoms with Gasteiger partial charge in [0.25, 0.3) is 5.91 Å². The molecule has 0 saturated carbocycles. The van der Waals surface area contributed by atoms with Gasteiger partial charge in [-0.2, -0.15) is 0 Å². The van der Waals surface area contributed by atoms with Crippen molar-refractivity contribution >= 4 is 23.6 Å². The lowest BCUT2D eigenvalue weighted by Gasteiger charge is -2.30. The number of anilines is 2. The van der Waals surface area contributed by atoms with E-state index < -0.39 is 11.8 Å². The maximum Gasteiger partial charge on any atom is 0.322 e. The molecule has 0 spiro atoms. The van der Waals surface area contributed by atoms with Crippen molar-refractivity contribution in [2.45, 2.75) is 25.8 Å². The van der Waals surface area contributed by atoms with E-state index in [1.807, 2.05) is 0 Å². The highest BCUT2D eigenvalue weighted by Gasteiger charge is 2.31. The van der Waals surface area contributed by atoms with Crippen LogP contribution >= 0.6 is 0 Å². The van der Waals surface area contributed by atoms with Gasteiger partial charge in [0, 0.05) is 38.7 Å². The Labute approximate surface area is 168 Å². The monoisotopic (exact) mass is 398 g/mol. The van der Waals surface area contributed by atoms with Gasteiger partial charge in [0.15, 0.2) is 0 Å². The first-order valence-electron chi connectivity index (χ1n) is 9.74. The summed E-state index contributed by atoms with van der Waals surface area (Å²) in [5.74, 6) is -0.227. The Bertz CT molecular complexity index is 945. The molecule has 2 aromatic rings. The number of hydrogen-bond acceptors (Lipinski definition) is 5. The lowest BCUT2D eigenvalue weighted by molar-refractivity contribution is 0.0783. The van der Waals surface area contributed by atoms with Gasteiger partial charge in [-0.3, -0.25) is 4.79 Å². The number of nitrogens with zero attached hydrogens (tertiary/aromatic N) is 4. The molecule has 8 nitrogen and oxygen atoms in total. The second-order valence-electron chi connectivity index (χ2n) is 7.15. The molecule has 1 fully saturated rings. The molecule has 0 bridgehead atoms. The van der Waals surface area contributed by atoms with Crippen LogP contribution in [0.2, 0.25) is 0 Å². The van der Waals surface area contributed by atoms with Crippen molar-refractivity contribution in [1.29, 1.82) is 0 Å². The number of halogens is 1. The van der Waals surface area contributed by atoms with Crippen molar-refractivity contribution in [2.75, 3.05) is 37.3 Å². The van der Waals surface area contributed by atoms with E-state index in [2.05, 4.69) is 20.6 Å². The Morgan fingerprint density at radius 2 is 1.83 bits per heavy atom. The molecule has 3 heterocycles. The van der Waals surface area contributed by atoms with Crippen LogP contribution in [-0.4, -0.2) is 58.4 Å². The lowest BCUT2D eigenvalue weighted by atomic mass is 10.0. The van der Waals surface area contributed by atoms with Crippen LogP contribution in [0.4, 0.5) is 20.8 Å². The molecular weight excluding hydrogens is 375 g/mol. The van der Waals surface area contributed by atoms with Crippen LogP contribution in [0.3, 0.4) is 0 Å². The highest BCUT2D eigenvalue weighted by molar-refractivity contribution is 5.95. The number of para-hydroxylation sites is 1. The Kier molecular flexibility index (Phi) is 5.28. The number of rotatable bonds is 3. The molecule has 4 rings (SSSR count). The number of carbonyl (C=O) groups excluding carboxylic acids is 2. The van der Waals surface area contributed by atoms with Crippen molar-refractivity contribution in [3.05, 3.63) is 47.0 Å². The topological polar surface area (TPSA) is 90.5 Å². The minimum atomic E-state index is -0.495. The number of urea groups is 1. The number of amides is 3. The maximum atomic E-state index is 13.9. The van der Waals surface area contributed by atoms with Gasteiger partial charge in [-0.05, 0) is 25.0 Å². The Morgan fingerprint density at radius 1 is 1.07 bits per heavy atom. The fourth-order valence-corrected chi connectivity index (χ4v) is 3.70. The molecule has 152 valence electrons. The van der Waals surface area contributed by atoms with Crippen LogP contribution in [0.25, 0.3) is 0 Å². The van der Waals surface area contributed by atoms with Gasteiger partial charge in [-0.25, -0.2) is 19.2 Å². The van der Waals surface area contributed by atoms with Crippen LogP contribution in [-0.2, 0) is 13.0 Å². The number of nitrogens with one attached hydrogen (secondary N) is 2. The molecule has 0 unspecified atom stereocenters. The summed E-state index contributed by atoms with van der Waals surface area (Å²) in [5.41, 5.74) is 1.89. The van der Waals surface area contributed by atoms with Crippen molar-refractivity contribution in [2.24, 2.45) is 0 Å². The molecule has 2 N–H and O–H groups in total. The Balaban J connectivity index is 1.59. The minimum Gasteiger partial charge on any atom is -0.357 e. The van der Waals surface area contributed by atoms with E-state index in [0.29, 0.717) is 43.3 Å². The Morgan fingerprint density at radius 3 is 2.55 bits per heavy atom. The van der Waals surface area contributed by atoms with Gasteiger partial charge in [-0.15, -0.1) is 0 Å². The lowest BCUT2D eigenvalue weighted by Crippen LogP contribution is -2.41. The highest BCUT2D eigenvalue weighted by Crippen LogP contribution is 2.25. The fourth-order valence-electron chi connectivity index (χ4n) is 3.70. The third kappa shape index (κ3) is 3.85. The SMILES string of the molecule is CNc1nc2c(c(C(=O)N3CCCC3)n1)CN(C(=O)Nc1ccccc1F)CC2. The van der Waals surface area contributed by atoms with E-state index >= 15 is 0 Å². The van der Waals surface area contributed by atoms with Gasteiger partial charge >= 0.3 is 6.03 Å². The first-order chi connectivity index (χ1) is 14.1. The molecule has 29 heavy (non-hydrogen) atoms. The van der Waals surface area contributed by atoms with E-state index in [1.54, 1.807) is 29.0 Å². The molecular formula is C20H23FN6O2. The zero-order valence-corrected chi connectivity index (χ0v) is 16.2. The predicted octanol–water partition coefficient (Wildman–Crippen LogP) is 2.48. The summed E-state index contributed by atoms with van der Waals surface area (Å²) < 4.78 is 13.9. The maximum absolute atomic E-state index is 13.9. The number of aromatic nitrogens is 2. The van der Waals surface area contributed by atoms with Crippen LogP contribution in [0.5, 0.6) is 0 Å². The van der Waals surface area contributed by atoms with E-state index in [9.17, 15) is 14.0 Å². The quantitative estimate of drug-likeness (QED) is 0.829. The summed E-state index contributed by atoms with van der Waals surface area (Å²) in [6, 6.07) is 5.61. The molecule has 1 aromatic carbocycles. The summed E-state index contributed by atoms with van der Waals surface area (Å²) in [4.78, 5) is 38.0. The van der Waals surface area contributed by atoms with Crippen molar-refractivity contribution in [3.8, 4) is 0 Å². The van der Waals surface area contributed by atoms with Crippen LogP contribution in [0.15, 0.2) is 24.3 Å². The minimum absolute atomic E-state index is 0.124. The first kappa shape index (κ1) is 19.1. The number of fused-ring (bicyclic) bond motifs is 1. The molecule has 3 amide bonds. The molecule has 1 aromatic heterocycles. The smallest absolute Gasteiger partial charge is 0.322 e. The van der Waals surface area contributed by atoms with Crippen molar-refractivity contribution < 1.29 is 14.0 Å². The fraction of sp³-hybridized carbons (Fsp3) is 0.400. The van der Waals surface area contributed by atoms with Gasteiger partial charge < -0.3 is 20.4 Å². The van der Waals surface area contributed by atoms with Gasteiger partial charge in [0.2, 0.25) is 5.95 Å². The zero-order chi connectivity index (χ0) is 20.4. The van der Waals surface area contributed by atoms with Crippen molar-refractivity contribution in [3.63, 3.8) is 0 Å². The number of likely N-dealkylation sites (tertiary alicyclic amines) is 1. The summed E-state index contributed by atoms with van der Waals surface area (Å²) >= 11 is 0. The van der Waals surface area contributed by atoms with Crippen LogP contribution in [0, 0.1) is 5.82 Å². The van der Waals surface area contributed by atoms with Gasteiger partial charge in [0.1, 0.15) is 11.5 Å². The Hall–Kier alpha value is -3.23.